The molecule has 26 heavy (non-hydrogen) atoms. The number of hydrogen-bond donors (Lipinski definition) is 1. The summed E-state index contributed by atoms with van der Waals surface area (Å²) < 4.78 is 1.99. The van der Waals surface area contributed by atoms with Gasteiger partial charge in [-0.2, -0.15) is 0 Å². The first-order chi connectivity index (χ1) is 12.3. The van der Waals surface area contributed by atoms with Crippen molar-refractivity contribution in [2.24, 2.45) is 7.05 Å². The largest absolute Gasteiger partial charge is 0.350 e. The van der Waals surface area contributed by atoms with Crippen molar-refractivity contribution in [2.45, 2.75) is 32.7 Å². The average molecular weight is 356 g/mol. The minimum atomic E-state index is -0.262. The van der Waals surface area contributed by atoms with Crippen LogP contribution in [0, 0.1) is 0 Å². The number of rotatable bonds is 1. The predicted octanol–water partition coefficient (Wildman–Crippen LogP) is 2.83. The normalized spacial score (nSPS) is 15.8. The van der Waals surface area contributed by atoms with Crippen LogP contribution in [0.15, 0.2) is 30.5 Å². The molecule has 1 fully saturated rings. The van der Waals surface area contributed by atoms with E-state index in [1.54, 1.807) is 0 Å². The lowest BCUT2D eigenvalue weighted by molar-refractivity contribution is 0.0763. The fourth-order valence-electron chi connectivity index (χ4n) is 3.41. The molecule has 0 radical (unpaired) electrons. The number of amides is 3. The van der Waals surface area contributed by atoms with Gasteiger partial charge < -0.3 is 19.7 Å². The van der Waals surface area contributed by atoms with E-state index in [0.717, 1.165) is 22.9 Å². The van der Waals surface area contributed by atoms with E-state index >= 15 is 0 Å². The van der Waals surface area contributed by atoms with Crippen LogP contribution in [0.1, 0.15) is 37.6 Å². The van der Waals surface area contributed by atoms with Gasteiger partial charge in [0, 0.05) is 55.9 Å². The van der Waals surface area contributed by atoms with Crippen molar-refractivity contribution in [1.29, 1.82) is 0 Å². The lowest BCUT2D eigenvalue weighted by atomic mass is 10.1. The number of hydrogen-bond acceptors (Lipinski definition) is 2. The highest BCUT2D eigenvalue weighted by Gasteiger charge is 2.26. The zero-order valence-electron chi connectivity index (χ0n) is 16.1. The molecule has 1 aromatic carbocycles. The Kier molecular flexibility index (Phi) is 4.94. The van der Waals surface area contributed by atoms with E-state index in [0.29, 0.717) is 26.2 Å². The lowest BCUT2D eigenvalue weighted by Gasteiger charge is -2.27. The minimum absolute atomic E-state index is 0.0416. The van der Waals surface area contributed by atoms with Gasteiger partial charge in [-0.1, -0.05) is 18.2 Å². The van der Waals surface area contributed by atoms with Gasteiger partial charge in [-0.05, 0) is 33.3 Å². The number of aryl methyl sites for hydroxylation is 1. The van der Waals surface area contributed by atoms with Gasteiger partial charge in [-0.3, -0.25) is 4.79 Å². The first-order valence-electron chi connectivity index (χ1n) is 9.17. The summed E-state index contributed by atoms with van der Waals surface area (Å²) in [6.45, 7) is 8.36. The van der Waals surface area contributed by atoms with Gasteiger partial charge in [-0.25, -0.2) is 4.79 Å². The highest BCUT2D eigenvalue weighted by atomic mass is 16.2. The Labute approximate surface area is 154 Å². The number of nitrogens with one attached hydrogen (secondary N) is 1. The third-order valence-corrected chi connectivity index (χ3v) is 4.68. The molecule has 0 aliphatic carbocycles. The SMILES string of the molecule is Cn1cc(C(=O)N2CCCN(C(=O)NC(C)(C)C)CC2)c2ccccc21. The first-order valence-corrected chi connectivity index (χ1v) is 9.17. The van der Waals surface area contributed by atoms with E-state index in [1.165, 1.54) is 0 Å². The zero-order valence-corrected chi connectivity index (χ0v) is 16.1. The van der Waals surface area contributed by atoms with Crippen molar-refractivity contribution >= 4 is 22.8 Å². The number of fused-ring (bicyclic) bond motifs is 1. The number of aromatic nitrogens is 1. The number of para-hydroxylation sites is 1. The van der Waals surface area contributed by atoms with E-state index in [-0.39, 0.29) is 17.5 Å². The quantitative estimate of drug-likeness (QED) is 0.854. The second-order valence-corrected chi connectivity index (χ2v) is 7.98. The predicted molar refractivity (Wildman–Crippen MR) is 103 cm³/mol. The maximum atomic E-state index is 13.1. The molecule has 0 saturated carbocycles. The molecule has 0 atom stereocenters. The molecule has 0 spiro atoms. The molecule has 3 rings (SSSR count). The Morgan fingerprint density at radius 2 is 1.65 bits per heavy atom. The molecular weight excluding hydrogens is 328 g/mol. The van der Waals surface area contributed by atoms with Crippen molar-refractivity contribution in [2.75, 3.05) is 26.2 Å². The number of benzene rings is 1. The molecule has 140 valence electrons. The Morgan fingerprint density at radius 1 is 1.00 bits per heavy atom. The van der Waals surface area contributed by atoms with E-state index in [1.807, 2.05) is 72.6 Å². The topological polar surface area (TPSA) is 57.6 Å². The molecule has 1 aliphatic heterocycles. The van der Waals surface area contributed by atoms with Crippen LogP contribution in [0.2, 0.25) is 0 Å². The zero-order chi connectivity index (χ0) is 18.9. The summed E-state index contributed by atoms with van der Waals surface area (Å²) in [5.74, 6) is 0.0416. The van der Waals surface area contributed by atoms with Gasteiger partial charge in [-0.15, -0.1) is 0 Å². The molecule has 1 N–H and O–H groups in total. The third kappa shape index (κ3) is 3.84. The summed E-state index contributed by atoms with van der Waals surface area (Å²) in [5.41, 5.74) is 1.52. The van der Waals surface area contributed by atoms with Crippen LogP contribution in [-0.2, 0) is 7.05 Å². The number of carbonyl (C=O) groups excluding carboxylic acids is 2. The summed E-state index contributed by atoms with van der Waals surface area (Å²) in [5, 5.41) is 3.98. The Bertz CT molecular complexity index is 819. The Balaban J connectivity index is 1.72. The lowest BCUT2D eigenvalue weighted by Crippen LogP contribution is -2.49. The monoisotopic (exact) mass is 356 g/mol. The van der Waals surface area contributed by atoms with Crippen molar-refractivity contribution < 1.29 is 9.59 Å². The highest BCUT2D eigenvalue weighted by molar-refractivity contribution is 6.07. The summed E-state index contributed by atoms with van der Waals surface area (Å²) >= 11 is 0. The molecule has 2 aromatic rings. The minimum Gasteiger partial charge on any atom is -0.350 e. The molecule has 1 aliphatic rings. The van der Waals surface area contributed by atoms with Crippen molar-refractivity contribution in [3.63, 3.8) is 0 Å². The summed E-state index contributed by atoms with van der Waals surface area (Å²) in [6, 6.07) is 7.89. The van der Waals surface area contributed by atoms with Crippen LogP contribution < -0.4 is 5.32 Å². The van der Waals surface area contributed by atoms with Crippen LogP contribution in [0.25, 0.3) is 10.9 Å². The fraction of sp³-hybridized carbons (Fsp3) is 0.500. The molecule has 0 bridgehead atoms. The van der Waals surface area contributed by atoms with Crippen LogP contribution >= 0.6 is 0 Å². The molecule has 6 nitrogen and oxygen atoms in total. The van der Waals surface area contributed by atoms with E-state index in [9.17, 15) is 9.59 Å². The second kappa shape index (κ2) is 7.02. The fourth-order valence-corrected chi connectivity index (χ4v) is 3.41. The average Bonchev–Trinajstić information content (AvgIpc) is 2.76. The van der Waals surface area contributed by atoms with Gasteiger partial charge >= 0.3 is 6.03 Å². The van der Waals surface area contributed by atoms with E-state index in [2.05, 4.69) is 5.32 Å². The van der Waals surface area contributed by atoms with Crippen LogP contribution in [0.4, 0.5) is 4.79 Å². The molecule has 6 heteroatoms. The van der Waals surface area contributed by atoms with Crippen LogP contribution in [0.5, 0.6) is 0 Å². The standard InChI is InChI=1S/C20H28N4O2/c1-20(2,3)21-19(26)24-11-7-10-23(12-13-24)18(25)16-14-22(4)17-9-6-5-8-15(16)17/h5-6,8-9,14H,7,10-13H2,1-4H3,(H,21,26). The number of carbonyl (C=O) groups is 2. The second-order valence-electron chi connectivity index (χ2n) is 7.98. The smallest absolute Gasteiger partial charge is 0.317 e. The summed E-state index contributed by atoms with van der Waals surface area (Å²) in [7, 11) is 1.96. The maximum absolute atomic E-state index is 13.1. The van der Waals surface area contributed by atoms with Crippen molar-refractivity contribution in [1.82, 2.24) is 19.7 Å². The van der Waals surface area contributed by atoms with Crippen LogP contribution in [0.3, 0.4) is 0 Å². The van der Waals surface area contributed by atoms with Gasteiger partial charge in [0.2, 0.25) is 0 Å². The maximum Gasteiger partial charge on any atom is 0.317 e. The molecule has 0 unspecified atom stereocenters. The van der Waals surface area contributed by atoms with Gasteiger partial charge in [0.1, 0.15) is 0 Å². The van der Waals surface area contributed by atoms with E-state index in [4.69, 9.17) is 0 Å². The van der Waals surface area contributed by atoms with Gasteiger partial charge in [0.25, 0.3) is 5.91 Å². The Hall–Kier alpha value is -2.50. The van der Waals surface area contributed by atoms with E-state index < -0.39 is 0 Å². The highest BCUT2D eigenvalue weighted by Crippen LogP contribution is 2.22. The summed E-state index contributed by atoms with van der Waals surface area (Å²) in [6.07, 6.45) is 2.69. The molecule has 1 saturated heterocycles. The Morgan fingerprint density at radius 3 is 2.38 bits per heavy atom. The number of urea groups is 1. The molecule has 2 heterocycles. The molecular formula is C20H28N4O2. The van der Waals surface area contributed by atoms with Gasteiger partial charge in [0.05, 0.1) is 5.56 Å². The third-order valence-electron chi connectivity index (χ3n) is 4.68. The van der Waals surface area contributed by atoms with Gasteiger partial charge in [0.15, 0.2) is 0 Å². The van der Waals surface area contributed by atoms with Crippen molar-refractivity contribution in [3.8, 4) is 0 Å². The van der Waals surface area contributed by atoms with Crippen LogP contribution in [-0.4, -0.2) is 58.0 Å². The summed E-state index contributed by atoms with van der Waals surface area (Å²) in [4.78, 5) is 29.2. The molecule has 1 aromatic heterocycles. The molecule has 3 amide bonds. The number of nitrogens with zero attached hydrogens (tertiary/aromatic N) is 3. The van der Waals surface area contributed by atoms with Crippen molar-refractivity contribution in [3.05, 3.63) is 36.0 Å². The first kappa shape index (κ1) is 18.3.